The van der Waals surface area contributed by atoms with Crippen LogP contribution in [0.5, 0.6) is 0 Å². The molecule has 0 radical (unpaired) electrons. The lowest BCUT2D eigenvalue weighted by atomic mass is 9.99. The van der Waals surface area contributed by atoms with E-state index in [-0.39, 0.29) is 51.4 Å². The van der Waals surface area contributed by atoms with Gasteiger partial charge in [0.15, 0.2) is 41.8 Å². The van der Waals surface area contributed by atoms with Gasteiger partial charge in [-0.1, -0.05) is 72.8 Å². The number of anilines is 6. The molecular formula is C55H64N24O7. The van der Waals surface area contributed by atoms with Crippen LogP contribution in [0.1, 0.15) is 69.6 Å². The number of guanidine groups is 6. The molecule has 0 aliphatic rings. The predicted octanol–water partition coefficient (Wildman–Crippen LogP) is 1.15. The number of likely N-dealkylation sites (N-methyl/N-ethyl adjacent to an activating group) is 1. The molecular weight excluding hydrogens is 1110 g/mol. The average Bonchev–Trinajstić information content (AvgIpc) is 1.33. The summed E-state index contributed by atoms with van der Waals surface area (Å²) in [6.45, 7) is 0. The molecule has 31 nitrogen and oxygen atoms in total. The van der Waals surface area contributed by atoms with Gasteiger partial charge in [-0.2, -0.15) is 0 Å². The fraction of sp³-hybridized carbons (Fsp3) is 0.127. The Morgan fingerprint density at radius 3 is 0.605 bits per heavy atom. The maximum Gasteiger partial charge on any atom is 0.330 e. The molecule has 0 aromatic heterocycles. The van der Waals surface area contributed by atoms with Crippen molar-refractivity contribution in [1.82, 2.24) is 31.9 Å². The van der Waals surface area contributed by atoms with E-state index in [1.807, 2.05) is 0 Å². The summed E-state index contributed by atoms with van der Waals surface area (Å²) in [4.78, 5) is 87.3. The highest BCUT2D eigenvalue weighted by Gasteiger charge is 2.36. The molecule has 31 heteroatoms. The minimum Gasteiger partial charge on any atom is -0.479 e. The Labute approximate surface area is 490 Å². The first-order valence-electron chi connectivity index (χ1n) is 25.6. The van der Waals surface area contributed by atoms with Gasteiger partial charge >= 0.3 is 5.97 Å². The Balaban J connectivity index is 1.42. The Morgan fingerprint density at radius 2 is 0.442 bits per heavy atom. The Morgan fingerprint density at radius 1 is 0.291 bits per heavy atom. The molecule has 5 amide bonds. The van der Waals surface area contributed by atoms with Crippen molar-refractivity contribution >= 4 is 105 Å². The van der Waals surface area contributed by atoms with Crippen LogP contribution < -0.4 is 98.2 Å². The van der Waals surface area contributed by atoms with Crippen molar-refractivity contribution in [3.05, 3.63) is 179 Å². The monoisotopic (exact) mass is 1170 g/mol. The molecule has 0 bridgehead atoms. The summed E-state index contributed by atoms with van der Waals surface area (Å²) in [5, 5.41) is 88.4. The molecule has 0 heterocycles. The summed E-state index contributed by atoms with van der Waals surface area (Å²) in [5.74, 6) is -8.72. The number of rotatable bonds is 24. The van der Waals surface area contributed by atoms with Crippen LogP contribution in [0.4, 0.5) is 34.1 Å². The molecule has 0 aliphatic carbocycles. The quantitative estimate of drug-likeness (QED) is 0.0298. The molecule has 0 saturated heterocycles. The highest BCUT2D eigenvalue weighted by molar-refractivity contribution is 5.99. The van der Waals surface area contributed by atoms with E-state index in [0.29, 0.717) is 34.0 Å². The highest BCUT2D eigenvalue weighted by atomic mass is 16.4. The number of amides is 5. The van der Waals surface area contributed by atoms with E-state index in [1.54, 1.807) is 24.3 Å². The van der Waals surface area contributed by atoms with Crippen LogP contribution in [0, 0.1) is 32.5 Å². The standard InChI is InChI=1S/C55H64N24O7/c1-68-38(26-2-14-32(15-3-26)69-50(56)57)44(80)75-39(27-4-16-33(17-5-27)70-51(58)59)45(81)76-40(28-6-18-34(19-7-28)71-52(60)61)46(82)77-41(29-8-20-35(21-9-29)72-53(62)63)47(83)78-42(30-10-22-36(23-11-30)73-54(64)65)48(84)79-43(49(85)86)31-12-24-37(25-13-31)74-55(66)67/h2-25,38-43,68H,1H3,(H,75,80)(H,76,81)(H,77,82)(H,78,83)(H,79,84)(H,85,86)(H4,56,57,69)(H4,58,59,70)(H4,60,61,71)(H4,62,63,72)(H4,64,65,73)(H4,66,67,74). The molecule has 0 aliphatic heterocycles. The van der Waals surface area contributed by atoms with Crippen LogP contribution in [0.3, 0.4) is 0 Å². The number of hydrogen-bond acceptors (Lipinski definition) is 13. The summed E-state index contributed by atoms with van der Waals surface area (Å²) < 4.78 is 0. The van der Waals surface area contributed by atoms with Crippen molar-refractivity contribution in [2.75, 3.05) is 38.9 Å². The number of carboxylic acids is 1. The van der Waals surface area contributed by atoms with Crippen molar-refractivity contribution in [3.8, 4) is 0 Å². The third-order valence-electron chi connectivity index (χ3n) is 12.4. The number of benzene rings is 6. The molecule has 6 aromatic rings. The number of aliphatic carboxylic acids is 1. The molecule has 6 unspecified atom stereocenters. The SMILES string of the molecule is CNC(C(=O)NC(C(=O)NC(C(=O)NC(C(=O)NC(C(=O)NC(C(=O)O)c1ccc(NC(=N)N)cc1)c1ccc(NC(=N)N)cc1)c1ccc(NC(=N)N)cc1)c1ccc(NC(=N)N)cc1)c1ccc(NC(=N)N)cc1)c1ccc(NC(=N)N)cc1. The van der Waals surface area contributed by atoms with E-state index >= 15 is 14.4 Å². The van der Waals surface area contributed by atoms with Crippen LogP contribution in [-0.4, -0.2) is 83.4 Å². The first-order valence-corrected chi connectivity index (χ1v) is 25.6. The van der Waals surface area contributed by atoms with Crippen LogP contribution >= 0.6 is 0 Å². The van der Waals surface area contributed by atoms with E-state index in [2.05, 4.69) is 63.8 Å². The molecule has 6 atom stereocenters. The van der Waals surface area contributed by atoms with Crippen molar-refractivity contribution < 1.29 is 33.9 Å². The molecule has 31 N–H and O–H groups in total. The Bertz CT molecular complexity index is 3510. The van der Waals surface area contributed by atoms with E-state index in [9.17, 15) is 19.5 Å². The van der Waals surface area contributed by atoms with Gasteiger partial charge in [0.25, 0.3) is 0 Å². The molecule has 6 aromatic carbocycles. The van der Waals surface area contributed by atoms with Gasteiger partial charge in [-0.3, -0.25) is 56.4 Å². The zero-order valence-electron chi connectivity index (χ0n) is 45.7. The number of hydrogen-bond donors (Lipinski definition) is 25. The molecule has 446 valence electrons. The summed E-state index contributed by atoms with van der Waals surface area (Å²) in [6.07, 6.45) is 0. The van der Waals surface area contributed by atoms with Gasteiger partial charge in [-0.05, 0) is 113 Å². The van der Waals surface area contributed by atoms with Gasteiger partial charge in [-0.25, -0.2) is 4.79 Å². The lowest BCUT2D eigenvalue weighted by molar-refractivity contribution is -0.142. The Kier molecular flexibility index (Phi) is 21.2. The third-order valence-corrected chi connectivity index (χ3v) is 12.4. The summed E-state index contributed by atoms with van der Waals surface area (Å²) in [6, 6.07) is 25.3. The first kappa shape index (κ1) is 62.9. The summed E-state index contributed by atoms with van der Waals surface area (Å²) >= 11 is 0. The number of nitrogens with one attached hydrogen (secondary N) is 18. The lowest BCUT2D eigenvalue weighted by Gasteiger charge is -2.28. The minimum atomic E-state index is -1.78. The zero-order chi connectivity index (χ0) is 62.8. The Hall–Kier alpha value is -12.3. The molecule has 0 saturated carbocycles. The first-order chi connectivity index (χ1) is 40.9. The second-order valence-corrected chi connectivity index (χ2v) is 18.7. The largest absolute Gasteiger partial charge is 0.479 e. The maximum atomic E-state index is 15.3. The molecule has 6 rings (SSSR count). The maximum absolute atomic E-state index is 15.3. The fourth-order valence-corrected chi connectivity index (χ4v) is 8.55. The highest BCUT2D eigenvalue weighted by Crippen LogP contribution is 2.28. The number of carboxylic acid groups (broad SMARTS) is 1. The normalized spacial score (nSPS) is 12.7. The number of nitrogens with two attached hydrogens (primary N) is 6. The van der Waals surface area contributed by atoms with Gasteiger partial charge in [-0.15, -0.1) is 0 Å². The van der Waals surface area contributed by atoms with Crippen molar-refractivity contribution in [1.29, 1.82) is 32.5 Å². The second-order valence-electron chi connectivity index (χ2n) is 18.7. The van der Waals surface area contributed by atoms with E-state index < -0.39 is 89.6 Å². The van der Waals surface area contributed by atoms with Gasteiger partial charge in [0, 0.05) is 34.1 Å². The topological polar surface area (TPSA) is 566 Å². The van der Waals surface area contributed by atoms with Crippen LogP contribution in [-0.2, 0) is 28.8 Å². The second kappa shape index (κ2) is 28.9. The summed E-state index contributed by atoms with van der Waals surface area (Å²) in [7, 11) is 1.51. The average molecular weight is 1170 g/mol. The minimum absolute atomic E-state index is 0.0616. The van der Waals surface area contributed by atoms with Crippen molar-refractivity contribution in [2.45, 2.75) is 36.3 Å². The summed E-state index contributed by atoms with van der Waals surface area (Å²) in [5.41, 5.74) is 36.2. The number of carbonyl (C=O) groups is 6. The number of carbonyl (C=O) groups excluding carboxylic acids is 5. The zero-order valence-corrected chi connectivity index (χ0v) is 45.7. The van der Waals surface area contributed by atoms with Gasteiger partial charge in [0.1, 0.15) is 30.2 Å². The van der Waals surface area contributed by atoms with Gasteiger partial charge in [0.05, 0.1) is 0 Å². The van der Waals surface area contributed by atoms with Crippen molar-refractivity contribution in [2.24, 2.45) is 34.4 Å². The van der Waals surface area contributed by atoms with Crippen LogP contribution in [0.2, 0.25) is 0 Å². The molecule has 0 fully saturated rings. The molecule has 86 heavy (non-hydrogen) atoms. The lowest BCUT2D eigenvalue weighted by Crippen LogP contribution is -2.50. The smallest absolute Gasteiger partial charge is 0.330 e. The van der Waals surface area contributed by atoms with E-state index in [0.717, 1.165) is 0 Å². The van der Waals surface area contributed by atoms with E-state index in [1.165, 1.54) is 128 Å². The predicted molar refractivity (Wildman–Crippen MR) is 326 cm³/mol. The van der Waals surface area contributed by atoms with Gasteiger partial charge < -0.3 is 103 Å². The van der Waals surface area contributed by atoms with Crippen LogP contribution in [0.25, 0.3) is 0 Å². The third kappa shape index (κ3) is 17.9. The van der Waals surface area contributed by atoms with E-state index in [4.69, 9.17) is 66.9 Å². The molecule has 0 spiro atoms. The van der Waals surface area contributed by atoms with Crippen LogP contribution in [0.15, 0.2) is 146 Å². The fourth-order valence-electron chi connectivity index (χ4n) is 8.55. The van der Waals surface area contributed by atoms with Crippen molar-refractivity contribution in [3.63, 3.8) is 0 Å². The van der Waals surface area contributed by atoms with Gasteiger partial charge in [0.2, 0.25) is 29.5 Å².